The third-order valence-corrected chi connectivity index (χ3v) is 1.79. The Labute approximate surface area is 108 Å². The van der Waals surface area contributed by atoms with E-state index in [9.17, 15) is 4.39 Å². The molecule has 0 amide bonds. The Hall–Kier alpha value is 0.356. The Balaban J connectivity index is 0. The van der Waals surface area contributed by atoms with Gasteiger partial charge in [0.1, 0.15) is 0 Å². The maximum Gasteiger partial charge on any atom is -1.00 e. The molecule has 0 spiro atoms. The van der Waals surface area contributed by atoms with Crippen LogP contribution >= 0.6 is 0 Å². The van der Waals surface area contributed by atoms with Crippen LogP contribution in [0.2, 0.25) is 0 Å². The van der Waals surface area contributed by atoms with E-state index in [1.165, 1.54) is 12.1 Å². The van der Waals surface area contributed by atoms with E-state index in [2.05, 4.69) is 0 Å². The average Bonchev–Trinajstić information content (AvgIpc) is 2.13. The summed E-state index contributed by atoms with van der Waals surface area (Å²) in [5.74, 6) is -0.166. The van der Waals surface area contributed by atoms with Crippen molar-refractivity contribution in [2.24, 2.45) is 0 Å². The number of benzene rings is 1. The number of hydrogen-bond donors (Lipinski definition) is 0. The molecule has 0 aliphatic rings. The van der Waals surface area contributed by atoms with Gasteiger partial charge in [-0.1, -0.05) is 0 Å². The Morgan fingerprint density at radius 1 is 1.14 bits per heavy atom. The van der Waals surface area contributed by atoms with Crippen molar-refractivity contribution in [2.75, 3.05) is 13.2 Å². The first-order chi connectivity index (χ1) is 6.20. The second-order valence-corrected chi connectivity index (χ2v) is 3.22. The van der Waals surface area contributed by atoms with Crippen molar-refractivity contribution in [3.63, 3.8) is 0 Å². The summed E-state index contributed by atoms with van der Waals surface area (Å²) >= 11 is 1.74. The molecule has 0 aliphatic heterocycles. The van der Waals surface area contributed by atoms with E-state index < -0.39 is 0 Å². The molecule has 0 fully saturated rings. The van der Waals surface area contributed by atoms with Crippen molar-refractivity contribution in [3.05, 3.63) is 30.1 Å². The summed E-state index contributed by atoms with van der Waals surface area (Å²) in [6.07, 6.45) is 0. The van der Waals surface area contributed by atoms with Crippen molar-refractivity contribution < 1.29 is 26.1 Å². The van der Waals surface area contributed by atoms with Crippen LogP contribution in [0.4, 0.5) is 4.39 Å². The van der Waals surface area contributed by atoms with Crippen LogP contribution in [0.3, 0.4) is 0 Å². The standard InChI is InChI=1S/C6H4F.C4H10O.BrH.Mg/c7-6-4-2-1-3-5-6;1-3-5-4-2;;/h2-5H;3-4H2,1-2H3;1H;/q;;;+1/p-1. The van der Waals surface area contributed by atoms with E-state index in [4.69, 9.17) is 4.74 Å². The normalized spacial score (nSPS) is 8.36. The third kappa shape index (κ3) is 10.4. The smallest absolute Gasteiger partial charge is 1.00 e. The van der Waals surface area contributed by atoms with Crippen LogP contribution in [-0.4, -0.2) is 34.9 Å². The molecule has 0 atom stereocenters. The molecular formula is C10H14BrFMgO. The first kappa shape index (κ1) is 16.8. The zero-order chi connectivity index (χ0) is 10.1. The van der Waals surface area contributed by atoms with Gasteiger partial charge in [-0.05, 0) is 13.8 Å². The molecule has 1 nitrogen and oxygen atoms in total. The molecule has 1 aromatic rings. The minimum Gasteiger partial charge on any atom is -1.00 e. The number of hydrogen-bond acceptors (Lipinski definition) is 1. The number of ether oxygens (including phenoxy) is 1. The molecule has 0 heterocycles. The van der Waals surface area contributed by atoms with Crippen molar-refractivity contribution in [1.82, 2.24) is 0 Å². The molecule has 0 saturated carbocycles. The predicted molar refractivity (Wildman–Crippen MR) is 54.0 cm³/mol. The zero-order valence-electron chi connectivity index (χ0n) is 8.59. The van der Waals surface area contributed by atoms with Crippen molar-refractivity contribution >= 4 is 25.4 Å². The van der Waals surface area contributed by atoms with Crippen LogP contribution in [0.5, 0.6) is 0 Å². The monoisotopic (exact) mass is 272 g/mol. The first-order valence-corrected chi connectivity index (χ1v) is 5.06. The Bertz CT molecular complexity index is 193. The molecule has 0 N–H and O–H groups in total. The van der Waals surface area contributed by atoms with E-state index in [0.29, 0.717) is 0 Å². The molecule has 0 saturated heterocycles. The molecule has 4 heteroatoms. The van der Waals surface area contributed by atoms with Gasteiger partial charge in [-0.25, -0.2) is 0 Å². The molecule has 14 heavy (non-hydrogen) atoms. The van der Waals surface area contributed by atoms with Gasteiger partial charge in [0.05, 0.1) is 0 Å². The van der Waals surface area contributed by atoms with Crippen LogP contribution in [0.1, 0.15) is 13.8 Å². The molecule has 0 aliphatic carbocycles. The second kappa shape index (κ2) is 11.4. The molecule has 0 unspecified atom stereocenters. The van der Waals surface area contributed by atoms with Crippen LogP contribution in [0.15, 0.2) is 24.3 Å². The second-order valence-electron chi connectivity index (χ2n) is 2.41. The van der Waals surface area contributed by atoms with Crippen LogP contribution in [0.25, 0.3) is 0 Å². The van der Waals surface area contributed by atoms with E-state index in [0.717, 1.165) is 16.9 Å². The Kier molecular flexibility index (Phi) is 13.7. The van der Waals surface area contributed by atoms with E-state index in [1.807, 2.05) is 13.8 Å². The predicted octanol–water partition coefficient (Wildman–Crippen LogP) is -1.33. The van der Waals surface area contributed by atoms with Gasteiger partial charge >= 0.3 is 59.9 Å². The summed E-state index contributed by atoms with van der Waals surface area (Å²) in [5.41, 5.74) is 0. The van der Waals surface area contributed by atoms with Gasteiger partial charge in [0, 0.05) is 13.2 Å². The first-order valence-electron chi connectivity index (χ1n) is 4.36. The fraction of sp³-hybridized carbons (Fsp3) is 0.400. The summed E-state index contributed by atoms with van der Waals surface area (Å²) in [4.78, 5) is 0. The van der Waals surface area contributed by atoms with Gasteiger partial charge in [0.15, 0.2) is 0 Å². The van der Waals surface area contributed by atoms with E-state index in [1.54, 1.807) is 33.8 Å². The van der Waals surface area contributed by atoms with Gasteiger partial charge in [0.2, 0.25) is 0 Å². The summed E-state index contributed by atoms with van der Waals surface area (Å²) in [6.45, 7) is 5.67. The third-order valence-electron chi connectivity index (χ3n) is 1.32. The zero-order valence-corrected chi connectivity index (χ0v) is 11.6. The molecular weight excluding hydrogens is 259 g/mol. The van der Waals surface area contributed by atoms with Crippen molar-refractivity contribution in [1.29, 1.82) is 0 Å². The van der Waals surface area contributed by atoms with Crippen LogP contribution in [0, 0.1) is 5.82 Å². The molecule has 1 rings (SSSR count). The van der Waals surface area contributed by atoms with Crippen LogP contribution in [-0.2, 0) is 4.74 Å². The average molecular weight is 273 g/mol. The quantitative estimate of drug-likeness (QED) is 0.607. The maximum atomic E-state index is 12.1. The fourth-order valence-corrected chi connectivity index (χ4v) is 0.924. The molecule has 0 bridgehead atoms. The van der Waals surface area contributed by atoms with Gasteiger partial charge in [-0.15, -0.1) is 0 Å². The van der Waals surface area contributed by atoms with E-state index in [-0.39, 0.29) is 22.8 Å². The summed E-state index contributed by atoms with van der Waals surface area (Å²) < 4.78 is 18.0. The number of halogens is 2. The maximum absolute atomic E-state index is 12.1. The van der Waals surface area contributed by atoms with Crippen LogP contribution < -0.4 is 20.7 Å². The fourth-order valence-electron chi connectivity index (χ4n) is 0.689. The summed E-state index contributed by atoms with van der Waals surface area (Å²) in [6, 6.07) is 6.44. The Morgan fingerprint density at radius 2 is 1.57 bits per heavy atom. The van der Waals surface area contributed by atoms with E-state index >= 15 is 0 Å². The SMILES string of the molecule is CCOCC.Fc1cc[c]([Mg+])cc1.[Br-]. The van der Waals surface area contributed by atoms with Gasteiger partial charge in [0.25, 0.3) is 0 Å². The van der Waals surface area contributed by atoms with Crippen molar-refractivity contribution in [3.8, 4) is 0 Å². The topological polar surface area (TPSA) is 9.23 Å². The molecule has 1 aromatic carbocycles. The van der Waals surface area contributed by atoms with Gasteiger partial charge in [-0.3, -0.25) is 0 Å². The molecule has 0 radical (unpaired) electrons. The Morgan fingerprint density at radius 3 is 1.79 bits per heavy atom. The molecule has 76 valence electrons. The minimum atomic E-state index is -0.166. The summed E-state index contributed by atoms with van der Waals surface area (Å²) in [5, 5.41) is 0. The van der Waals surface area contributed by atoms with Crippen molar-refractivity contribution in [2.45, 2.75) is 13.8 Å². The molecule has 0 aromatic heterocycles. The van der Waals surface area contributed by atoms with Gasteiger partial charge in [-0.2, -0.15) is 0 Å². The minimum absolute atomic E-state index is 0. The number of rotatable bonds is 2. The summed E-state index contributed by atoms with van der Waals surface area (Å²) in [7, 11) is 0. The largest absolute Gasteiger partial charge is 1.00 e. The van der Waals surface area contributed by atoms with Gasteiger partial charge < -0.3 is 21.7 Å².